The third kappa shape index (κ3) is 2.69. The Labute approximate surface area is 106 Å². The van der Waals surface area contributed by atoms with Crippen LogP contribution in [0.25, 0.3) is 0 Å². The number of amidine groups is 1. The number of nitrogens with one attached hydrogen (secondary N) is 1. The number of benzene rings is 1. The molecule has 1 atom stereocenters. The Morgan fingerprint density at radius 2 is 2.06 bits per heavy atom. The summed E-state index contributed by atoms with van der Waals surface area (Å²) < 4.78 is -0.352. The van der Waals surface area contributed by atoms with Gasteiger partial charge >= 0.3 is 0 Å². The molecule has 0 bridgehead atoms. The second-order valence-electron chi connectivity index (χ2n) is 4.25. The lowest BCUT2D eigenvalue weighted by Gasteiger charge is -2.14. The maximum absolute atomic E-state index is 11.7. The number of thioether (sulfide) groups is 1. The molecule has 2 rings (SSSR count). The molecule has 1 heterocycles. The molecule has 1 N–H and O–H groups in total. The van der Waals surface area contributed by atoms with Crippen LogP contribution < -0.4 is 5.32 Å². The molecule has 0 aliphatic carbocycles. The van der Waals surface area contributed by atoms with Gasteiger partial charge < -0.3 is 5.32 Å². The van der Waals surface area contributed by atoms with Gasteiger partial charge in [-0.2, -0.15) is 0 Å². The molecule has 90 valence electrons. The van der Waals surface area contributed by atoms with Crippen molar-refractivity contribution >= 4 is 22.8 Å². The molecule has 3 nitrogen and oxygen atoms in total. The summed E-state index contributed by atoms with van der Waals surface area (Å²) >= 11 is 1.53. The zero-order valence-corrected chi connectivity index (χ0v) is 10.9. The Morgan fingerprint density at radius 3 is 2.65 bits per heavy atom. The largest absolute Gasteiger partial charge is 0.304 e. The first-order chi connectivity index (χ1) is 8.14. The van der Waals surface area contributed by atoms with Crippen molar-refractivity contribution in [3.05, 3.63) is 35.9 Å². The number of hydrogen-bond acceptors (Lipinski definition) is 3. The van der Waals surface area contributed by atoms with E-state index in [1.54, 1.807) is 0 Å². The van der Waals surface area contributed by atoms with Crippen molar-refractivity contribution in [2.75, 3.05) is 0 Å². The van der Waals surface area contributed by atoms with Crippen molar-refractivity contribution in [2.45, 2.75) is 31.6 Å². The molecule has 0 aromatic heterocycles. The number of nitrogens with zero attached hydrogens (tertiary/aromatic N) is 1. The minimum absolute atomic E-state index is 0.0665. The molecule has 0 saturated carbocycles. The Kier molecular flexibility index (Phi) is 3.52. The van der Waals surface area contributed by atoms with Gasteiger partial charge in [-0.3, -0.25) is 9.79 Å². The average Bonchev–Trinajstić information content (AvgIpc) is 2.65. The van der Waals surface area contributed by atoms with Gasteiger partial charge in [0.25, 0.3) is 0 Å². The van der Waals surface area contributed by atoms with E-state index in [0.29, 0.717) is 6.54 Å². The Hall–Kier alpha value is -1.29. The van der Waals surface area contributed by atoms with Crippen molar-refractivity contribution in [3.63, 3.8) is 0 Å². The van der Waals surface area contributed by atoms with E-state index in [2.05, 4.69) is 10.3 Å². The topological polar surface area (TPSA) is 41.5 Å². The van der Waals surface area contributed by atoms with Crippen LogP contribution in [0.1, 0.15) is 25.8 Å². The SMILES string of the molecule is CCC1(C)SC(=NCc2ccccc2)NC1=O. The quantitative estimate of drug-likeness (QED) is 0.893. The van der Waals surface area contributed by atoms with Gasteiger partial charge in [0, 0.05) is 0 Å². The summed E-state index contributed by atoms with van der Waals surface area (Å²) in [6, 6.07) is 10.0. The zero-order chi connectivity index (χ0) is 12.3. The van der Waals surface area contributed by atoms with Crippen molar-refractivity contribution in [1.82, 2.24) is 5.32 Å². The van der Waals surface area contributed by atoms with Crippen LogP contribution in [0.5, 0.6) is 0 Å². The summed E-state index contributed by atoms with van der Waals surface area (Å²) in [5.41, 5.74) is 1.15. The maximum Gasteiger partial charge on any atom is 0.242 e. The lowest BCUT2D eigenvalue weighted by molar-refractivity contribution is -0.121. The highest BCUT2D eigenvalue weighted by Gasteiger charge is 2.40. The third-order valence-electron chi connectivity index (χ3n) is 2.95. The lowest BCUT2D eigenvalue weighted by atomic mass is 10.1. The van der Waals surface area contributed by atoms with Crippen LogP contribution in [-0.4, -0.2) is 15.8 Å². The molecule has 0 spiro atoms. The maximum atomic E-state index is 11.7. The molecule has 1 saturated heterocycles. The molecule has 1 fully saturated rings. The van der Waals surface area contributed by atoms with E-state index in [1.165, 1.54) is 11.8 Å². The highest BCUT2D eigenvalue weighted by atomic mass is 32.2. The molecular weight excluding hydrogens is 232 g/mol. The minimum atomic E-state index is -0.352. The highest BCUT2D eigenvalue weighted by Crippen LogP contribution is 2.34. The monoisotopic (exact) mass is 248 g/mol. The van der Waals surface area contributed by atoms with Crippen LogP contribution in [0.2, 0.25) is 0 Å². The predicted molar refractivity (Wildman–Crippen MR) is 72.0 cm³/mol. The summed E-state index contributed by atoms with van der Waals surface area (Å²) in [7, 11) is 0. The minimum Gasteiger partial charge on any atom is -0.304 e. The molecule has 1 aromatic rings. The van der Waals surface area contributed by atoms with Crippen LogP contribution in [0.4, 0.5) is 0 Å². The number of amides is 1. The fraction of sp³-hybridized carbons (Fsp3) is 0.385. The first kappa shape index (κ1) is 12.2. The number of hydrogen-bond donors (Lipinski definition) is 1. The fourth-order valence-corrected chi connectivity index (χ4v) is 2.55. The van der Waals surface area contributed by atoms with E-state index < -0.39 is 0 Å². The Balaban J connectivity index is 2.04. The normalized spacial score (nSPS) is 26.2. The summed E-state index contributed by atoms with van der Waals surface area (Å²) in [6.45, 7) is 4.59. The van der Waals surface area contributed by atoms with Gasteiger partial charge in [0.2, 0.25) is 5.91 Å². The van der Waals surface area contributed by atoms with E-state index >= 15 is 0 Å². The zero-order valence-electron chi connectivity index (χ0n) is 10.1. The summed E-state index contributed by atoms with van der Waals surface area (Å²) in [6.07, 6.45) is 0.813. The smallest absolute Gasteiger partial charge is 0.242 e. The third-order valence-corrected chi connectivity index (χ3v) is 4.29. The molecule has 1 unspecified atom stereocenters. The Morgan fingerprint density at radius 1 is 1.35 bits per heavy atom. The first-order valence-corrected chi connectivity index (χ1v) is 6.54. The van der Waals surface area contributed by atoms with E-state index in [-0.39, 0.29) is 10.7 Å². The number of aliphatic imine (C=N–C) groups is 1. The first-order valence-electron chi connectivity index (χ1n) is 5.73. The van der Waals surface area contributed by atoms with Crippen LogP contribution in [0, 0.1) is 0 Å². The van der Waals surface area contributed by atoms with Crippen molar-refractivity contribution in [2.24, 2.45) is 4.99 Å². The van der Waals surface area contributed by atoms with Gasteiger partial charge in [-0.05, 0) is 18.9 Å². The van der Waals surface area contributed by atoms with Gasteiger partial charge in [-0.1, -0.05) is 49.0 Å². The van der Waals surface area contributed by atoms with Gasteiger partial charge in [-0.15, -0.1) is 0 Å². The standard InChI is InChI=1S/C13H16N2OS/c1-3-13(2)11(16)15-12(17-13)14-9-10-7-5-4-6-8-10/h4-8H,3,9H2,1-2H3,(H,14,15,16). The van der Waals surface area contributed by atoms with Gasteiger partial charge in [0.15, 0.2) is 5.17 Å². The second kappa shape index (κ2) is 4.92. The molecule has 1 amide bonds. The number of carbonyl (C=O) groups is 1. The number of carbonyl (C=O) groups excluding carboxylic acids is 1. The molecule has 4 heteroatoms. The van der Waals surface area contributed by atoms with Crippen LogP contribution in [-0.2, 0) is 11.3 Å². The van der Waals surface area contributed by atoms with Gasteiger partial charge in [-0.25, -0.2) is 0 Å². The van der Waals surface area contributed by atoms with Gasteiger partial charge in [0.05, 0.1) is 11.3 Å². The fourth-order valence-electron chi connectivity index (χ4n) is 1.57. The van der Waals surface area contributed by atoms with E-state index in [0.717, 1.165) is 17.2 Å². The summed E-state index contributed by atoms with van der Waals surface area (Å²) in [4.78, 5) is 16.2. The van der Waals surface area contributed by atoms with Crippen LogP contribution >= 0.6 is 11.8 Å². The van der Waals surface area contributed by atoms with E-state index in [9.17, 15) is 4.79 Å². The molecule has 17 heavy (non-hydrogen) atoms. The Bertz CT molecular complexity index is 444. The highest BCUT2D eigenvalue weighted by molar-refractivity contribution is 8.16. The van der Waals surface area contributed by atoms with Crippen molar-refractivity contribution in [1.29, 1.82) is 0 Å². The lowest BCUT2D eigenvalue weighted by Crippen LogP contribution is -2.33. The van der Waals surface area contributed by atoms with Crippen molar-refractivity contribution in [3.8, 4) is 0 Å². The van der Waals surface area contributed by atoms with Crippen LogP contribution in [0.3, 0.4) is 0 Å². The number of rotatable bonds is 3. The van der Waals surface area contributed by atoms with E-state index in [1.807, 2.05) is 44.2 Å². The summed E-state index contributed by atoms with van der Waals surface area (Å²) in [5.74, 6) is 0.0665. The molecule has 1 aliphatic rings. The van der Waals surface area contributed by atoms with Crippen LogP contribution in [0.15, 0.2) is 35.3 Å². The molecular formula is C13H16N2OS. The molecule has 1 aliphatic heterocycles. The predicted octanol–water partition coefficient (Wildman–Crippen LogP) is 2.57. The van der Waals surface area contributed by atoms with Crippen molar-refractivity contribution < 1.29 is 4.79 Å². The molecule has 1 aromatic carbocycles. The van der Waals surface area contributed by atoms with E-state index in [4.69, 9.17) is 0 Å². The second-order valence-corrected chi connectivity index (χ2v) is 5.74. The summed E-state index contributed by atoms with van der Waals surface area (Å²) in [5, 5.41) is 3.58. The molecule has 0 radical (unpaired) electrons. The van der Waals surface area contributed by atoms with Gasteiger partial charge in [0.1, 0.15) is 0 Å². The average molecular weight is 248 g/mol.